The average Bonchev–Trinajstić information content (AvgIpc) is 2.14. The molecule has 1 atom stereocenters. The minimum atomic E-state index is -3.82. The van der Waals surface area contributed by atoms with Gasteiger partial charge in [-0.1, -0.05) is 0 Å². The molecule has 1 fully saturated rings. The van der Waals surface area contributed by atoms with Crippen LogP contribution in [0.25, 0.3) is 0 Å². The van der Waals surface area contributed by atoms with Gasteiger partial charge >= 0.3 is 0 Å². The maximum Gasteiger partial charge on any atom is 0.264 e. The van der Waals surface area contributed by atoms with Gasteiger partial charge in [-0.3, -0.25) is 9.45 Å². The topological polar surface area (TPSA) is 66.8 Å². The Balaban J connectivity index is 2.30. The molecular formula is C8H17NO4S. The van der Waals surface area contributed by atoms with Crippen LogP contribution in [-0.2, 0) is 14.9 Å². The van der Waals surface area contributed by atoms with Gasteiger partial charge in [-0.05, 0) is 13.3 Å². The second-order valence-corrected chi connectivity index (χ2v) is 5.14. The lowest BCUT2D eigenvalue weighted by molar-refractivity contribution is 0.0197. The Morgan fingerprint density at radius 2 is 2.00 bits per heavy atom. The van der Waals surface area contributed by atoms with E-state index < -0.39 is 10.1 Å². The van der Waals surface area contributed by atoms with Crippen LogP contribution in [0.2, 0.25) is 0 Å². The smallest absolute Gasteiger partial charge is 0.264 e. The Bertz CT molecular complexity index is 259. The van der Waals surface area contributed by atoms with Crippen LogP contribution in [0.5, 0.6) is 0 Å². The van der Waals surface area contributed by atoms with Gasteiger partial charge in [0.2, 0.25) is 0 Å². The van der Waals surface area contributed by atoms with Crippen molar-refractivity contribution in [1.82, 2.24) is 4.90 Å². The molecule has 0 spiro atoms. The second-order valence-electron chi connectivity index (χ2n) is 3.57. The molecule has 1 aliphatic heterocycles. The summed E-state index contributed by atoms with van der Waals surface area (Å²) in [6.45, 7) is 5.06. The predicted octanol–water partition coefficient (Wildman–Crippen LogP) is -0.0150. The van der Waals surface area contributed by atoms with Gasteiger partial charge in [-0.15, -0.1) is 0 Å². The summed E-state index contributed by atoms with van der Waals surface area (Å²) in [5.74, 6) is -0.161. The van der Waals surface area contributed by atoms with Gasteiger partial charge in [0.05, 0.1) is 19.0 Å². The molecule has 1 aliphatic rings. The third-order valence-corrected chi connectivity index (χ3v) is 3.21. The second kappa shape index (κ2) is 5.06. The largest absolute Gasteiger partial charge is 0.379 e. The molecule has 0 amide bonds. The Hall–Kier alpha value is -0.170. The first kappa shape index (κ1) is 11.9. The summed E-state index contributed by atoms with van der Waals surface area (Å²) in [5.41, 5.74) is 0. The molecule has 0 bridgehead atoms. The molecule has 1 N–H and O–H groups in total. The molecule has 5 nitrogen and oxygen atoms in total. The molecule has 1 unspecified atom stereocenters. The summed E-state index contributed by atoms with van der Waals surface area (Å²) in [6, 6.07) is 0.181. The van der Waals surface area contributed by atoms with Crippen molar-refractivity contribution in [2.45, 2.75) is 19.4 Å². The van der Waals surface area contributed by atoms with E-state index in [0.29, 0.717) is 19.6 Å². The SMILES string of the molecule is CC(CCS(=O)(=O)O)N1CCOCC1. The van der Waals surface area contributed by atoms with E-state index in [1.165, 1.54) is 0 Å². The molecular weight excluding hydrogens is 206 g/mol. The van der Waals surface area contributed by atoms with E-state index >= 15 is 0 Å². The van der Waals surface area contributed by atoms with Crippen molar-refractivity contribution < 1.29 is 17.7 Å². The van der Waals surface area contributed by atoms with Gasteiger partial charge in [0.1, 0.15) is 0 Å². The number of hydrogen-bond donors (Lipinski definition) is 1. The molecule has 14 heavy (non-hydrogen) atoms. The third kappa shape index (κ3) is 4.36. The van der Waals surface area contributed by atoms with Crippen LogP contribution in [-0.4, -0.2) is 56.0 Å². The molecule has 0 aromatic carbocycles. The molecule has 1 heterocycles. The maximum absolute atomic E-state index is 10.5. The molecule has 1 rings (SSSR count). The summed E-state index contributed by atoms with van der Waals surface area (Å²) in [6.07, 6.45) is 0.471. The fourth-order valence-corrected chi connectivity index (χ4v) is 2.16. The van der Waals surface area contributed by atoms with Crippen LogP contribution in [0, 0.1) is 0 Å². The molecule has 6 heteroatoms. The van der Waals surface area contributed by atoms with Crippen LogP contribution < -0.4 is 0 Å². The highest BCUT2D eigenvalue weighted by atomic mass is 32.2. The van der Waals surface area contributed by atoms with E-state index in [-0.39, 0.29) is 11.8 Å². The first-order valence-corrected chi connectivity index (χ1v) is 6.37. The highest BCUT2D eigenvalue weighted by molar-refractivity contribution is 7.85. The zero-order chi connectivity index (χ0) is 10.6. The molecule has 0 radical (unpaired) electrons. The Kier molecular flexibility index (Phi) is 4.31. The quantitative estimate of drug-likeness (QED) is 0.679. The third-order valence-electron chi connectivity index (χ3n) is 2.46. The van der Waals surface area contributed by atoms with E-state index in [0.717, 1.165) is 13.1 Å². The molecule has 0 aliphatic carbocycles. The van der Waals surface area contributed by atoms with E-state index in [1.807, 2.05) is 6.92 Å². The zero-order valence-electron chi connectivity index (χ0n) is 8.35. The van der Waals surface area contributed by atoms with Gasteiger partial charge < -0.3 is 4.74 Å². The number of nitrogens with zero attached hydrogens (tertiary/aromatic N) is 1. The Labute approximate surface area is 84.8 Å². The zero-order valence-corrected chi connectivity index (χ0v) is 9.16. The molecule has 1 saturated heterocycles. The highest BCUT2D eigenvalue weighted by Gasteiger charge is 2.18. The van der Waals surface area contributed by atoms with Crippen molar-refractivity contribution in [3.05, 3.63) is 0 Å². The van der Waals surface area contributed by atoms with Crippen molar-refractivity contribution in [1.29, 1.82) is 0 Å². The highest BCUT2D eigenvalue weighted by Crippen LogP contribution is 2.07. The van der Waals surface area contributed by atoms with E-state index in [9.17, 15) is 8.42 Å². The van der Waals surface area contributed by atoms with Gasteiger partial charge in [0.25, 0.3) is 10.1 Å². The van der Waals surface area contributed by atoms with Crippen molar-refractivity contribution in [2.24, 2.45) is 0 Å². The van der Waals surface area contributed by atoms with Crippen molar-refractivity contribution in [3.63, 3.8) is 0 Å². The number of rotatable bonds is 4. The summed E-state index contributed by atoms with van der Waals surface area (Å²) in [4.78, 5) is 2.18. The summed E-state index contributed by atoms with van der Waals surface area (Å²) in [5, 5.41) is 0. The lowest BCUT2D eigenvalue weighted by Gasteiger charge is -2.32. The van der Waals surface area contributed by atoms with E-state index in [1.54, 1.807) is 0 Å². The summed E-state index contributed by atoms with van der Waals surface area (Å²) >= 11 is 0. The minimum absolute atomic E-state index is 0.161. The summed E-state index contributed by atoms with van der Waals surface area (Å²) < 4.78 is 34.8. The van der Waals surface area contributed by atoms with Crippen LogP contribution in [0.3, 0.4) is 0 Å². The standard InChI is InChI=1S/C8H17NO4S/c1-8(2-7-14(10,11)12)9-3-5-13-6-4-9/h8H,2-7H2,1H3,(H,10,11,12). The van der Waals surface area contributed by atoms with Crippen LogP contribution in [0.15, 0.2) is 0 Å². The molecule has 0 aromatic rings. The van der Waals surface area contributed by atoms with Crippen LogP contribution in [0.4, 0.5) is 0 Å². The number of ether oxygens (including phenoxy) is 1. The van der Waals surface area contributed by atoms with Crippen molar-refractivity contribution in [3.8, 4) is 0 Å². The molecule has 84 valence electrons. The van der Waals surface area contributed by atoms with Crippen molar-refractivity contribution >= 4 is 10.1 Å². The first-order valence-electron chi connectivity index (χ1n) is 4.76. The van der Waals surface area contributed by atoms with Gasteiger partial charge in [-0.25, -0.2) is 0 Å². The predicted molar refractivity (Wildman–Crippen MR) is 52.9 cm³/mol. The molecule has 0 saturated carbocycles. The fraction of sp³-hybridized carbons (Fsp3) is 1.00. The first-order chi connectivity index (χ1) is 6.49. The fourth-order valence-electron chi connectivity index (χ4n) is 1.52. The minimum Gasteiger partial charge on any atom is -0.379 e. The maximum atomic E-state index is 10.5. The van der Waals surface area contributed by atoms with E-state index in [2.05, 4.69) is 4.90 Å². The van der Waals surface area contributed by atoms with Gasteiger partial charge in [0.15, 0.2) is 0 Å². The number of morpholine rings is 1. The Morgan fingerprint density at radius 1 is 1.43 bits per heavy atom. The normalized spacial score (nSPS) is 22.1. The van der Waals surface area contributed by atoms with Gasteiger partial charge in [-0.2, -0.15) is 8.42 Å². The summed E-state index contributed by atoms with van der Waals surface area (Å²) in [7, 11) is -3.82. The Morgan fingerprint density at radius 3 is 2.50 bits per heavy atom. The number of hydrogen-bond acceptors (Lipinski definition) is 4. The molecule has 0 aromatic heterocycles. The lowest BCUT2D eigenvalue weighted by Crippen LogP contribution is -2.42. The van der Waals surface area contributed by atoms with Gasteiger partial charge in [0, 0.05) is 19.1 Å². The van der Waals surface area contributed by atoms with E-state index in [4.69, 9.17) is 9.29 Å². The lowest BCUT2D eigenvalue weighted by atomic mass is 10.2. The van der Waals surface area contributed by atoms with Crippen LogP contribution in [0.1, 0.15) is 13.3 Å². The van der Waals surface area contributed by atoms with Crippen LogP contribution >= 0.6 is 0 Å². The van der Waals surface area contributed by atoms with Crippen molar-refractivity contribution in [2.75, 3.05) is 32.1 Å². The monoisotopic (exact) mass is 223 g/mol. The average molecular weight is 223 g/mol.